The molecule has 4 heteroatoms. The van der Waals surface area contributed by atoms with Crippen LogP contribution < -0.4 is 0 Å². The van der Waals surface area contributed by atoms with E-state index in [9.17, 15) is 4.79 Å². The van der Waals surface area contributed by atoms with Gasteiger partial charge in [0.15, 0.2) is 5.78 Å². The van der Waals surface area contributed by atoms with Gasteiger partial charge in [0, 0.05) is 10.9 Å². The molecule has 1 heterocycles. The molecular weight excluding hydrogens is 284 g/mol. The highest BCUT2D eigenvalue weighted by Gasteiger charge is 2.12. The Hall–Kier alpha value is 0.140. The van der Waals surface area contributed by atoms with E-state index in [2.05, 4.69) is 29.8 Å². The Kier molecular flexibility index (Phi) is 4.61. The van der Waals surface area contributed by atoms with Gasteiger partial charge in [-0.05, 0) is 34.3 Å². The van der Waals surface area contributed by atoms with Crippen molar-refractivity contribution in [3.05, 3.63) is 19.8 Å². The summed E-state index contributed by atoms with van der Waals surface area (Å²) in [5.74, 6) is 0.758. The first-order valence-corrected chi connectivity index (χ1v) is 6.47. The molecule has 1 aromatic rings. The smallest absolute Gasteiger partial charge is 0.172 e. The van der Waals surface area contributed by atoms with E-state index in [-0.39, 0.29) is 5.78 Å². The zero-order chi connectivity index (χ0) is 10.7. The Bertz CT molecular complexity index is 313. The summed E-state index contributed by atoms with van der Waals surface area (Å²) in [6, 6.07) is 1.80. The maximum absolute atomic E-state index is 11.6. The van der Waals surface area contributed by atoms with E-state index in [0.717, 1.165) is 15.8 Å². The van der Waals surface area contributed by atoms with Crippen LogP contribution in [-0.2, 0) is 0 Å². The normalized spacial score (nSPS) is 10.9. The van der Waals surface area contributed by atoms with Crippen molar-refractivity contribution in [3.63, 3.8) is 0 Å². The summed E-state index contributed by atoms with van der Waals surface area (Å²) in [5.41, 5.74) is 0. The molecule has 0 aliphatic heterocycles. The Morgan fingerprint density at radius 2 is 2.29 bits per heavy atom. The summed E-state index contributed by atoms with van der Waals surface area (Å²) >= 11 is 10.5. The lowest BCUT2D eigenvalue weighted by atomic mass is 10.1. The molecule has 0 bridgehead atoms. The first kappa shape index (κ1) is 12.2. The minimum atomic E-state index is 0.191. The minimum absolute atomic E-state index is 0.191. The van der Waals surface area contributed by atoms with Crippen LogP contribution in [0.25, 0.3) is 0 Å². The third kappa shape index (κ3) is 3.37. The number of hydrogen-bond donors (Lipinski definition) is 0. The average Bonchev–Trinajstić information content (AvgIpc) is 2.43. The maximum atomic E-state index is 11.6. The van der Waals surface area contributed by atoms with E-state index in [1.807, 2.05) is 0 Å². The summed E-state index contributed by atoms with van der Waals surface area (Å²) in [5, 5.41) is 0. The molecule has 1 rings (SSSR count). The second-order valence-corrected chi connectivity index (χ2v) is 6.10. The summed E-state index contributed by atoms with van der Waals surface area (Å²) in [7, 11) is 0. The summed E-state index contributed by atoms with van der Waals surface area (Å²) in [6.45, 7) is 4.23. The highest BCUT2D eigenvalue weighted by Crippen LogP contribution is 2.32. The van der Waals surface area contributed by atoms with Crippen LogP contribution in [0.1, 0.15) is 36.4 Å². The number of carbonyl (C=O) groups is 1. The number of hydrogen-bond acceptors (Lipinski definition) is 2. The largest absolute Gasteiger partial charge is 0.293 e. The molecule has 0 aliphatic rings. The fourth-order valence-electron chi connectivity index (χ4n) is 1.03. The number of Topliss-reactive ketones (excluding diaryl/α,β-unsaturated/α-hetero) is 1. The van der Waals surface area contributed by atoms with E-state index in [1.165, 1.54) is 11.3 Å². The van der Waals surface area contributed by atoms with Crippen molar-refractivity contribution in [1.82, 2.24) is 0 Å². The van der Waals surface area contributed by atoms with Crippen LogP contribution in [0, 0.1) is 5.92 Å². The lowest BCUT2D eigenvalue weighted by Gasteiger charge is -2.01. The highest BCUT2D eigenvalue weighted by molar-refractivity contribution is 9.10. The van der Waals surface area contributed by atoms with Gasteiger partial charge in [-0.2, -0.15) is 0 Å². The molecule has 0 atom stereocenters. The zero-order valence-corrected chi connectivity index (χ0v) is 11.3. The number of halogens is 2. The molecule has 0 aliphatic carbocycles. The van der Waals surface area contributed by atoms with Crippen LogP contribution >= 0.6 is 38.9 Å². The molecule has 0 aromatic carbocycles. The van der Waals surface area contributed by atoms with E-state index in [0.29, 0.717) is 16.7 Å². The topological polar surface area (TPSA) is 17.1 Å². The fourth-order valence-corrected chi connectivity index (χ4v) is 2.70. The molecule has 0 saturated carbocycles. The van der Waals surface area contributed by atoms with Crippen molar-refractivity contribution in [3.8, 4) is 0 Å². The van der Waals surface area contributed by atoms with Crippen molar-refractivity contribution in [2.45, 2.75) is 26.7 Å². The van der Waals surface area contributed by atoms with Crippen molar-refractivity contribution in [2.24, 2.45) is 5.92 Å². The Morgan fingerprint density at radius 1 is 1.64 bits per heavy atom. The first-order valence-electron chi connectivity index (χ1n) is 4.48. The molecular formula is C10H12BrClOS. The van der Waals surface area contributed by atoms with E-state index < -0.39 is 0 Å². The predicted octanol–water partition coefficient (Wildman–Crippen LogP) is 4.78. The number of carbonyl (C=O) groups excluding carboxylic acids is 1. The van der Waals surface area contributed by atoms with E-state index in [1.54, 1.807) is 6.07 Å². The van der Waals surface area contributed by atoms with Gasteiger partial charge < -0.3 is 0 Å². The quantitative estimate of drug-likeness (QED) is 0.730. The summed E-state index contributed by atoms with van der Waals surface area (Å²) < 4.78 is 1.47. The molecule has 14 heavy (non-hydrogen) atoms. The number of rotatable bonds is 4. The third-order valence-electron chi connectivity index (χ3n) is 1.87. The van der Waals surface area contributed by atoms with E-state index >= 15 is 0 Å². The Morgan fingerprint density at radius 3 is 2.71 bits per heavy atom. The van der Waals surface area contributed by atoms with Gasteiger partial charge in [0.05, 0.1) is 4.88 Å². The average molecular weight is 296 g/mol. The van der Waals surface area contributed by atoms with Crippen molar-refractivity contribution in [1.29, 1.82) is 0 Å². The SMILES string of the molecule is CC(C)CCC(=O)c1cc(Br)c(Cl)s1. The van der Waals surface area contributed by atoms with Gasteiger partial charge in [0.2, 0.25) is 0 Å². The maximum Gasteiger partial charge on any atom is 0.172 e. The number of ketones is 1. The Balaban J connectivity index is 2.61. The lowest BCUT2D eigenvalue weighted by Crippen LogP contribution is -1.98. The van der Waals surface area contributed by atoms with Crippen LogP contribution in [0.3, 0.4) is 0 Å². The van der Waals surface area contributed by atoms with Crippen LogP contribution in [0.5, 0.6) is 0 Å². The van der Waals surface area contributed by atoms with Gasteiger partial charge in [-0.15, -0.1) is 11.3 Å². The summed E-state index contributed by atoms with van der Waals surface area (Å²) in [4.78, 5) is 12.4. The fraction of sp³-hybridized carbons (Fsp3) is 0.500. The van der Waals surface area contributed by atoms with Crippen LogP contribution in [-0.4, -0.2) is 5.78 Å². The van der Waals surface area contributed by atoms with Crippen molar-refractivity contribution < 1.29 is 4.79 Å². The summed E-state index contributed by atoms with van der Waals surface area (Å²) in [6.07, 6.45) is 1.55. The molecule has 0 unspecified atom stereocenters. The molecule has 0 fully saturated rings. The molecule has 0 spiro atoms. The minimum Gasteiger partial charge on any atom is -0.293 e. The first-order chi connectivity index (χ1) is 6.50. The van der Waals surface area contributed by atoms with Crippen LogP contribution in [0.4, 0.5) is 0 Å². The van der Waals surface area contributed by atoms with E-state index in [4.69, 9.17) is 11.6 Å². The Labute approximate surface area is 102 Å². The lowest BCUT2D eigenvalue weighted by molar-refractivity contribution is 0.0979. The molecule has 0 saturated heterocycles. The van der Waals surface area contributed by atoms with Gasteiger partial charge in [-0.3, -0.25) is 4.79 Å². The van der Waals surface area contributed by atoms with Gasteiger partial charge in [0.1, 0.15) is 4.34 Å². The van der Waals surface area contributed by atoms with Crippen LogP contribution in [0.15, 0.2) is 10.5 Å². The second kappa shape index (κ2) is 5.29. The standard InChI is InChI=1S/C10H12BrClOS/c1-6(2)3-4-8(13)9-5-7(11)10(12)14-9/h5-6H,3-4H2,1-2H3. The molecule has 0 radical (unpaired) electrons. The highest BCUT2D eigenvalue weighted by atomic mass is 79.9. The number of thiophene rings is 1. The molecule has 1 nitrogen and oxygen atoms in total. The van der Waals surface area contributed by atoms with Gasteiger partial charge in [0.25, 0.3) is 0 Å². The van der Waals surface area contributed by atoms with Gasteiger partial charge >= 0.3 is 0 Å². The molecule has 0 amide bonds. The van der Waals surface area contributed by atoms with Gasteiger partial charge in [-0.1, -0.05) is 25.4 Å². The van der Waals surface area contributed by atoms with Crippen LogP contribution in [0.2, 0.25) is 4.34 Å². The predicted molar refractivity (Wildman–Crippen MR) is 65.4 cm³/mol. The van der Waals surface area contributed by atoms with Gasteiger partial charge in [-0.25, -0.2) is 0 Å². The molecule has 1 aromatic heterocycles. The zero-order valence-electron chi connectivity index (χ0n) is 8.14. The molecule has 78 valence electrons. The molecule has 0 N–H and O–H groups in total. The monoisotopic (exact) mass is 294 g/mol. The van der Waals surface area contributed by atoms with Crippen molar-refractivity contribution >= 4 is 44.7 Å². The third-order valence-corrected chi connectivity index (χ3v) is 4.38. The second-order valence-electron chi connectivity index (χ2n) is 3.59. The van der Waals surface area contributed by atoms with Crippen molar-refractivity contribution in [2.75, 3.05) is 0 Å².